The third-order valence-corrected chi connectivity index (χ3v) is 5.83. The van der Waals surface area contributed by atoms with Crippen molar-refractivity contribution < 1.29 is 28.2 Å². The van der Waals surface area contributed by atoms with Crippen LogP contribution in [0.4, 0.5) is 0 Å². The predicted molar refractivity (Wildman–Crippen MR) is 127 cm³/mol. The Labute approximate surface area is 197 Å². The summed E-state index contributed by atoms with van der Waals surface area (Å²) in [5.74, 6) is 2.47. The second-order valence-corrected chi connectivity index (χ2v) is 7.93. The maximum absolute atomic E-state index is 13.0. The first-order chi connectivity index (χ1) is 16.4. The first-order valence-corrected chi connectivity index (χ1v) is 10.9. The minimum atomic E-state index is -0.187. The summed E-state index contributed by atoms with van der Waals surface area (Å²) in [7, 11) is 4.65. The van der Waals surface area contributed by atoms with Crippen molar-refractivity contribution in [1.82, 2.24) is 10.2 Å². The van der Waals surface area contributed by atoms with Crippen molar-refractivity contribution in [2.75, 3.05) is 54.1 Å². The van der Waals surface area contributed by atoms with E-state index in [4.69, 9.17) is 23.4 Å². The predicted octanol–water partition coefficient (Wildman–Crippen LogP) is 2.60. The number of methoxy groups -OCH3 is 3. The molecule has 34 heavy (non-hydrogen) atoms. The molecule has 9 nitrogen and oxygen atoms in total. The van der Waals surface area contributed by atoms with Gasteiger partial charge in [-0.15, -0.1) is 0 Å². The SMILES string of the molecule is COc1ccc(-c2cc(=O)c3c(C)c(OC)c(OCCN4CCNC(=O)C4)cc3o2)cc1OC. The van der Waals surface area contributed by atoms with Gasteiger partial charge in [0, 0.05) is 42.9 Å². The lowest BCUT2D eigenvalue weighted by atomic mass is 10.1. The quantitative estimate of drug-likeness (QED) is 0.539. The number of nitrogens with zero attached hydrogens (tertiary/aromatic N) is 1. The average molecular weight is 469 g/mol. The molecule has 0 atom stereocenters. The van der Waals surface area contributed by atoms with Crippen LogP contribution >= 0.6 is 0 Å². The number of fused-ring (bicyclic) bond motifs is 1. The summed E-state index contributed by atoms with van der Waals surface area (Å²) < 4.78 is 28.4. The fourth-order valence-corrected chi connectivity index (χ4v) is 4.13. The van der Waals surface area contributed by atoms with E-state index in [2.05, 4.69) is 5.32 Å². The molecule has 0 bridgehead atoms. The summed E-state index contributed by atoms with van der Waals surface area (Å²) in [6.45, 7) is 4.49. The lowest BCUT2D eigenvalue weighted by molar-refractivity contribution is -0.124. The summed E-state index contributed by atoms with van der Waals surface area (Å²) >= 11 is 0. The lowest BCUT2D eigenvalue weighted by Gasteiger charge is -2.26. The highest BCUT2D eigenvalue weighted by molar-refractivity contribution is 5.86. The molecule has 4 rings (SSSR count). The normalized spacial score (nSPS) is 14.1. The van der Waals surface area contributed by atoms with E-state index in [1.54, 1.807) is 45.4 Å². The highest BCUT2D eigenvalue weighted by Gasteiger charge is 2.20. The van der Waals surface area contributed by atoms with Crippen LogP contribution in [0.3, 0.4) is 0 Å². The number of rotatable bonds is 8. The zero-order valence-electron chi connectivity index (χ0n) is 19.7. The molecule has 2 heterocycles. The van der Waals surface area contributed by atoms with Crippen molar-refractivity contribution in [2.45, 2.75) is 6.92 Å². The van der Waals surface area contributed by atoms with Gasteiger partial charge in [0.15, 0.2) is 28.4 Å². The van der Waals surface area contributed by atoms with E-state index in [1.807, 2.05) is 4.90 Å². The molecule has 180 valence electrons. The molecule has 1 N–H and O–H groups in total. The van der Waals surface area contributed by atoms with E-state index in [9.17, 15) is 9.59 Å². The van der Waals surface area contributed by atoms with Gasteiger partial charge in [0.25, 0.3) is 0 Å². The molecule has 1 fully saturated rings. The van der Waals surface area contributed by atoms with Crippen LogP contribution in [0.15, 0.2) is 39.5 Å². The Balaban J connectivity index is 1.67. The van der Waals surface area contributed by atoms with Crippen LogP contribution in [-0.4, -0.2) is 64.9 Å². The second kappa shape index (κ2) is 10.0. The first kappa shape index (κ1) is 23.4. The molecule has 0 radical (unpaired) electrons. The zero-order chi connectivity index (χ0) is 24.2. The van der Waals surface area contributed by atoms with Crippen molar-refractivity contribution in [3.05, 3.63) is 46.1 Å². The minimum Gasteiger partial charge on any atom is -0.493 e. The van der Waals surface area contributed by atoms with Gasteiger partial charge < -0.3 is 28.7 Å². The van der Waals surface area contributed by atoms with E-state index in [0.717, 1.165) is 6.54 Å². The highest BCUT2D eigenvalue weighted by Crippen LogP contribution is 2.38. The molecule has 1 aromatic heterocycles. The third kappa shape index (κ3) is 4.65. The molecule has 0 aliphatic carbocycles. The van der Waals surface area contributed by atoms with E-state index in [1.165, 1.54) is 13.2 Å². The Kier molecular flexibility index (Phi) is 6.93. The summed E-state index contributed by atoms with van der Waals surface area (Å²) in [6.07, 6.45) is 0. The van der Waals surface area contributed by atoms with Crippen LogP contribution in [0.25, 0.3) is 22.3 Å². The van der Waals surface area contributed by atoms with Crippen molar-refractivity contribution in [3.8, 4) is 34.3 Å². The highest BCUT2D eigenvalue weighted by atomic mass is 16.5. The fraction of sp³-hybridized carbons (Fsp3) is 0.360. The Morgan fingerprint density at radius 1 is 1.00 bits per heavy atom. The number of piperazine rings is 1. The maximum Gasteiger partial charge on any atom is 0.234 e. The number of hydrogen-bond donors (Lipinski definition) is 1. The molecule has 1 saturated heterocycles. The number of nitrogens with one attached hydrogen (secondary N) is 1. The molecule has 1 aliphatic heterocycles. The summed E-state index contributed by atoms with van der Waals surface area (Å²) in [5, 5.41) is 3.24. The number of aryl methyl sites for hydroxylation is 1. The van der Waals surface area contributed by atoms with Crippen LogP contribution < -0.4 is 29.7 Å². The van der Waals surface area contributed by atoms with Gasteiger partial charge in [-0.2, -0.15) is 0 Å². The molecular formula is C25H28N2O7. The van der Waals surface area contributed by atoms with E-state index in [0.29, 0.717) is 77.1 Å². The van der Waals surface area contributed by atoms with Gasteiger partial charge in [0.2, 0.25) is 5.91 Å². The Morgan fingerprint density at radius 2 is 1.79 bits per heavy atom. The van der Waals surface area contributed by atoms with Crippen molar-refractivity contribution in [1.29, 1.82) is 0 Å². The number of ether oxygens (including phenoxy) is 4. The molecule has 3 aromatic rings. The van der Waals surface area contributed by atoms with Gasteiger partial charge in [-0.1, -0.05) is 0 Å². The monoisotopic (exact) mass is 468 g/mol. The summed E-state index contributed by atoms with van der Waals surface area (Å²) in [6, 6.07) is 8.44. The Bertz CT molecular complexity index is 1270. The molecule has 9 heteroatoms. The van der Waals surface area contributed by atoms with Crippen LogP contribution in [-0.2, 0) is 4.79 Å². The van der Waals surface area contributed by atoms with Crippen molar-refractivity contribution in [2.24, 2.45) is 0 Å². The molecule has 1 aliphatic rings. The second-order valence-electron chi connectivity index (χ2n) is 7.93. The van der Waals surface area contributed by atoms with Crippen molar-refractivity contribution >= 4 is 16.9 Å². The van der Waals surface area contributed by atoms with Gasteiger partial charge in [0.05, 0.1) is 33.3 Å². The van der Waals surface area contributed by atoms with Crippen LogP contribution in [0.5, 0.6) is 23.0 Å². The van der Waals surface area contributed by atoms with Gasteiger partial charge in [0.1, 0.15) is 18.0 Å². The van der Waals surface area contributed by atoms with Crippen molar-refractivity contribution in [3.63, 3.8) is 0 Å². The van der Waals surface area contributed by atoms with Gasteiger partial charge in [-0.3, -0.25) is 14.5 Å². The summed E-state index contributed by atoms with van der Waals surface area (Å²) in [5.41, 5.74) is 1.52. The summed E-state index contributed by atoms with van der Waals surface area (Å²) in [4.78, 5) is 26.7. The fourth-order valence-electron chi connectivity index (χ4n) is 4.13. The lowest BCUT2D eigenvalue weighted by Crippen LogP contribution is -2.48. The third-order valence-electron chi connectivity index (χ3n) is 5.83. The zero-order valence-corrected chi connectivity index (χ0v) is 19.7. The molecular weight excluding hydrogens is 440 g/mol. The average Bonchev–Trinajstić information content (AvgIpc) is 2.83. The number of carbonyl (C=O) groups is 1. The largest absolute Gasteiger partial charge is 0.493 e. The number of benzene rings is 2. The molecule has 0 unspecified atom stereocenters. The van der Waals surface area contributed by atoms with E-state index < -0.39 is 0 Å². The topological polar surface area (TPSA) is 99.5 Å². The van der Waals surface area contributed by atoms with Crippen LogP contribution in [0.1, 0.15) is 5.56 Å². The Hall–Kier alpha value is -3.72. The van der Waals surface area contributed by atoms with E-state index in [-0.39, 0.29) is 11.3 Å². The Morgan fingerprint density at radius 3 is 2.50 bits per heavy atom. The maximum atomic E-state index is 13.0. The van der Waals surface area contributed by atoms with Gasteiger partial charge in [-0.25, -0.2) is 0 Å². The van der Waals surface area contributed by atoms with Gasteiger partial charge >= 0.3 is 0 Å². The van der Waals surface area contributed by atoms with E-state index >= 15 is 0 Å². The molecule has 0 saturated carbocycles. The molecule has 2 aromatic carbocycles. The number of amides is 1. The van der Waals surface area contributed by atoms with Crippen LogP contribution in [0, 0.1) is 6.92 Å². The smallest absolute Gasteiger partial charge is 0.234 e. The minimum absolute atomic E-state index is 0.00912. The van der Waals surface area contributed by atoms with Gasteiger partial charge in [-0.05, 0) is 25.1 Å². The van der Waals surface area contributed by atoms with Crippen LogP contribution in [0.2, 0.25) is 0 Å². The first-order valence-electron chi connectivity index (χ1n) is 10.9. The molecule has 1 amide bonds. The number of hydrogen-bond acceptors (Lipinski definition) is 8. The standard InChI is InChI=1S/C25H28N2O7/c1-15-24-17(28)12-19(16-5-6-18(30-2)20(11-16)31-3)34-21(24)13-22(25(15)32-4)33-10-9-27-8-7-26-23(29)14-27/h5-6,11-13H,7-10,14H2,1-4H3,(H,26,29). The molecule has 0 spiro atoms. The number of carbonyl (C=O) groups excluding carboxylic acids is 1.